The van der Waals surface area contributed by atoms with E-state index in [1.807, 2.05) is 0 Å². The van der Waals surface area contributed by atoms with E-state index in [9.17, 15) is 5.11 Å². The molecule has 0 atom stereocenters. The van der Waals surface area contributed by atoms with E-state index in [1.165, 1.54) is 16.3 Å². The number of aliphatic hydroxyl groups excluding tert-OH is 1. The molecule has 2 aromatic rings. The standard InChI is InChI=1S/C18H23NO/c20-17-10-8-16(9-11-17)19-13-12-15-6-3-5-14-4-1-2-7-18(14)15/h1-7,16-17,19-20H,8-13H2. The minimum absolute atomic E-state index is 0.0638. The molecule has 2 nitrogen and oxygen atoms in total. The molecule has 0 heterocycles. The van der Waals surface area contributed by atoms with Crippen LogP contribution >= 0.6 is 0 Å². The van der Waals surface area contributed by atoms with E-state index < -0.39 is 0 Å². The summed E-state index contributed by atoms with van der Waals surface area (Å²) in [4.78, 5) is 0. The van der Waals surface area contributed by atoms with Gasteiger partial charge < -0.3 is 10.4 Å². The Labute approximate surface area is 120 Å². The minimum Gasteiger partial charge on any atom is -0.393 e. The monoisotopic (exact) mass is 269 g/mol. The highest BCUT2D eigenvalue weighted by Gasteiger charge is 2.18. The molecule has 1 saturated carbocycles. The van der Waals surface area contributed by atoms with Crippen molar-refractivity contribution >= 4 is 10.8 Å². The van der Waals surface area contributed by atoms with Crippen molar-refractivity contribution in [1.82, 2.24) is 5.32 Å². The Morgan fingerprint density at radius 3 is 2.55 bits per heavy atom. The number of aliphatic hydroxyl groups is 1. The third-order valence-electron chi connectivity index (χ3n) is 4.40. The molecule has 20 heavy (non-hydrogen) atoms. The SMILES string of the molecule is OC1CCC(NCCc2cccc3ccccc23)CC1. The Morgan fingerprint density at radius 2 is 1.70 bits per heavy atom. The third kappa shape index (κ3) is 3.20. The summed E-state index contributed by atoms with van der Waals surface area (Å²) in [6.45, 7) is 1.02. The van der Waals surface area contributed by atoms with E-state index in [2.05, 4.69) is 47.8 Å². The predicted octanol–water partition coefficient (Wildman–Crippen LogP) is 3.28. The van der Waals surface area contributed by atoms with Crippen LogP contribution in [-0.4, -0.2) is 23.8 Å². The molecule has 0 unspecified atom stereocenters. The molecule has 1 fully saturated rings. The summed E-state index contributed by atoms with van der Waals surface area (Å²) in [5, 5.41) is 15.9. The fraction of sp³-hybridized carbons (Fsp3) is 0.444. The van der Waals surface area contributed by atoms with Crippen LogP contribution in [0, 0.1) is 0 Å². The maximum atomic E-state index is 9.52. The van der Waals surface area contributed by atoms with Gasteiger partial charge in [0.15, 0.2) is 0 Å². The maximum Gasteiger partial charge on any atom is 0.0541 e. The van der Waals surface area contributed by atoms with Crippen molar-refractivity contribution in [2.45, 2.75) is 44.2 Å². The molecule has 1 aliphatic carbocycles. The number of benzene rings is 2. The largest absolute Gasteiger partial charge is 0.393 e. The van der Waals surface area contributed by atoms with Gasteiger partial charge in [0.25, 0.3) is 0 Å². The molecule has 0 saturated heterocycles. The highest BCUT2D eigenvalue weighted by Crippen LogP contribution is 2.20. The second-order valence-electron chi connectivity index (χ2n) is 5.85. The van der Waals surface area contributed by atoms with Gasteiger partial charge in [-0.25, -0.2) is 0 Å². The lowest BCUT2D eigenvalue weighted by molar-refractivity contribution is 0.117. The number of hydrogen-bond acceptors (Lipinski definition) is 2. The van der Waals surface area contributed by atoms with Gasteiger partial charge in [-0.1, -0.05) is 42.5 Å². The van der Waals surface area contributed by atoms with E-state index in [0.29, 0.717) is 6.04 Å². The van der Waals surface area contributed by atoms with Crippen molar-refractivity contribution in [3.63, 3.8) is 0 Å². The fourth-order valence-electron chi connectivity index (χ4n) is 3.20. The van der Waals surface area contributed by atoms with Crippen LogP contribution < -0.4 is 5.32 Å². The molecule has 0 aliphatic heterocycles. The number of nitrogens with one attached hydrogen (secondary N) is 1. The molecular weight excluding hydrogens is 246 g/mol. The van der Waals surface area contributed by atoms with Crippen molar-refractivity contribution in [1.29, 1.82) is 0 Å². The van der Waals surface area contributed by atoms with Crippen LogP contribution in [0.5, 0.6) is 0 Å². The Bertz CT molecular complexity index is 553. The Morgan fingerprint density at radius 1 is 0.950 bits per heavy atom. The van der Waals surface area contributed by atoms with Gasteiger partial charge in [-0.3, -0.25) is 0 Å². The summed E-state index contributed by atoms with van der Waals surface area (Å²) in [6.07, 6.45) is 5.12. The van der Waals surface area contributed by atoms with Gasteiger partial charge in [0.2, 0.25) is 0 Å². The molecule has 2 N–H and O–H groups in total. The van der Waals surface area contributed by atoms with E-state index in [-0.39, 0.29) is 6.10 Å². The van der Waals surface area contributed by atoms with Gasteiger partial charge in [0.1, 0.15) is 0 Å². The smallest absolute Gasteiger partial charge is 0.0541 e. The summed E-state index contributed by atoms with van der Waals surface area (Å²) in [6, 6.07) is 15.7. The minimum atomic E-state index is -0.0638. The molecule has 0 radical (unpaired) electrons. The number of hydrogen-bond donors (Lipinski definition) is 2. The van der Waals surface area contributed by atoms with Gasteiger partial charge >= 0.3 is 0 Å². The van der Waals surface area contributed by atoms with Crippen molar-refractivity contribution in [3.05, 3.63) is 48.0 Å². The van der Waals surface area contributed by atoms with Crippen molar-refractivity contribution in [3.8, 4) is 0 Å². The van der Waals surface area contributed by atoms with Crippen LogP contribution in [0.4, 0.5) is 0 Å². The van der Waals surface area contributed by atoms with E-state index in [1.54, 1.807) is 0 Å². The zero-order valence-corrected chi connectivity index (χ0v) is 11.9. The molecule has 2 aromatic carbocycles. The van der Waals surface area contributed by atoms with Crippen LogP contribution in [0.15, 0.2) is 42.5 Å². The Kier molecular flexibility index (Phi) is 4.34. The van der Waals surface area contributed by atoms with Crippen molar-refractivity contribution in [2.24, 2.45) is 0 Å². The molecule has 3 rings (SSSR count). The molecule has 0 bridgehead atoms. The topological polar surface area (TPSA) is 32.3 Å². The average Bonchev–Trinajstić information content (AvgIpc) is 2.49. The Hall–Kier alpha value is -1.38. The van der Waals surface area contributed by atoms with Gasteiger partial charge in [-0.05, 0) is 55.0 Å². The number of rotatable bonds is 4. The van der Waals surface area contributed by atoms with E-state index in [4.69, 9.17) is 0 Å². The van der Waals surface area contributed by atoms with Crippen LogP contribution in [0.1, 0.15) is 31.2 Å². The quantitative estimate of drug-likeness (QED) is 0.893. The molecule has 0 aromatic heterocycles. The highest BCUT2D eigenvalue weighted by atomic mass is 16.3. The van der Waals surface area contributed by atoms with Gasteiger partial charge in [0.05, 0.1) is 6.10 Å². The first-order chi connectivity index (χ1) is 9.83. The first kappa shape index (κ1) is 13.6. The second kappa shape index (κ2) is 6.38. The Balaban J connectivity index is 1.57. The van der Waals surface area contributed by atoms with Crippen LogP contribution in [-0.2, 0) is 6.42 Å². The molecule has 106 valence electrons. The average molecular weight is 269 g/mol. The van der Waals surface area contributed by atoms with Gasteiger partial charge in [-0.15, -0.1) is 0 Å². The molecule has 2 heteroatoms. The highest BCUT2D eigenvalue weighted by molar-refractivity contribution is 5.85. The van der Waals surface area contributed by atoms with Crippen LogP contribution in [0.2, 0.25) is 0 Å². The first-order valence-electron chi connectivity index (χ1n) is 7.71. The molecule has 0 spiro atoms. The molecular formula is C18H23NO. The number of fused-ring (bicyclic) bond motifs is 1. The predicted molar refractivity (Wildman–Crippen MR) is 83.9 cm³/mol. The molecule has 1 aliphatic rings. The summed E-state index contributed by atoms with van der Waals surface area (Å²) >= 11 is 0. The lowest BCUT2D eigenvalue weighted by Gasteiger charge is -2.26. The van der Waals surface area contributed by atoms with E-state index >= 15 is 0 Å². The summed E-state index contributed by atoms with van der Waals surface area (Å²) in [5.41, 5.74) is 1.42. The summed E-state index contributed by atoms with van der Waals surface area (Å²) < 4.78 is 0. The maximum absolute atomic E-state index is 9.52. The lowest BCUT2D eigenvalue weighted by atomic mass is 9.93. The third-order valence-corrected chi connectivity index (χ3v) is 4.40. The summed E-state index contributed by atoms with van der Waals surface area (Å²) in [7, 11) is 0. The normalized spacial score (nSPS) is 23.1. The fourth-order valence-corrected chi connectivity index (χ4v) is 3.20. The first-order valence-corrected chi connectivity index (χ1v) is 7.71. The van der Waals surface area contributed by atoms with Gasteiger partial charge in [0, 0.05) is 6.04 Å². The van der Waals surface area contributed by atoms with Crippen LogP contribution in [0.25, 0.3) is 10.8 Å². The second-order valence-corrected chi connectivity index (χ2v) is 5.85. The van der Waals surface area contributed by atoms with Crippen LogP contribution in [0.3, 0.4) is 0 Å². The van der Waals surface area contributed by atoms with Crippen molar-refractivity contribution in [2.75, 3.05) is 6.54 Å². The molecule has 0 amide bonds. The lowest BCUT2D eigenvalue weighted by Crippen LogP contribution is -2.35. The van der Waals surface area contributed by atoms with E-state index in [0.717, 1.165) is 38.6 Å². The van der Waals surface area contributed by atoms with Gasteiger partial charge in [-0.2, -0.15) is 0 Å². The zero-order valence-electron chi connectivity index (χ0n) is 11.9. The van der Waals surface area contributed by atoms with Crippen molar-refractivity contribution < 1.29 is 5.11 Å². The zero-order chi connectivity index (χ0) is 13.8. The summed E-state index contributed by atoms with van der Waals surface area (Å²) in [5.74, 6) is 0.